The molecule has 48 heavy (non-hydrogen) atoms. The molecule has 0 bridgehead atoms. The Morgan fingerprint density at radius 2 is 1.58 bits per heavy atom. The Morgan fingerprint density at radius 1 is 0.979 bits per heavy atom. The number of allylic oxidation sites excluding steroid dienone is 1. The summed E-state index contributed by atoms with van der Waals surface area (Å²) < 4.78 is 11.6. The number of alkyl carbamates (subject to hydrolysis) is 1. The summed E-state index contributed by atoms with van der Waals surface area (Å²) in [5.74, 6) is -1.33. The number of thioether (sulfide) groups is 1. The second-order valence-electron chi connectivity index (χ2n) is 12.5. The van der Waals surface area contributed by atoms with Crippen molar-refractivity contribution in [1.29, 1.82) is 0 Å². The summed E-state index contributed by atoms with van der Waals surface area (Å²) in [4.78, 5) is 55.7. The molecule has 2 unspecified atom stereocenters. The molecular formula is C37H39N3O7S. The minimum absolute atomic E-state index is 0.0150. The molecule has 11 heteroatoms. The van der Waals surface area contributed by atoms with Crippen LogP contribution in [0.3, 0.4) is 0 Å². The van der Waals surface area contributed by atoms with Gasteiger partial charge in [-0.2, -0.15) is 0 Å². The molecule has 2 aliphatic rings. The largest absolute Gasteiger partial charge is 0.508 e. The van der Waals surface area contributed by atoms with Gasteiger partial charge in [0.15, 0.2) is 6.10 Å². The molecule has 3 amide bonds. The maximum absolute atomic E-state index is 14.1. The van der Waals surface area contributed by atoms with Crippen LogP contribution in [0.4, 0.5) is 4.79 Å². The Labute approximate surface area is 284 Å². The standard InChI is InChI=1S/C37H39N3O7S/c1-5-6-13-26-22-48-34-29(38-32(42)28(23-18-20-27(41)21-19-23)39-36(45)47-37(2,3)4)33(43)40(34)30(26)35(44)46-31(24-14-9-7-10-15-24)25-16-11-8-12-17-25/h5,7-12,14-21,28-29,31,34,41H,1,6,13,22H2,2-4H3,(H,38,42)(H,39,45)/t28?,29?,34-/m1/s1. The second-order valence-corrected chi connectivity index (χ2v) is 13.6. The third kappa shape index (κ3) is 7.91. The number of ether oxygens (including phenoxy) is 2. The van der Waals surface area contributed by atoms with Crippen LogP contribution in [-0.2, 0) is 23.9 Å². The highest BCUT2D eigenvalue weighted by Crippen LogP contribution is 2.43. The lowest BCUT2D eigenvalue weighted by Gasteiger charge is -2.50. The van der Waals surface area contributed by atoms with Gasteiger partial charge in [-0.3, -0.25) is 14.5 Å². The summed E-state index contributed by atoms with van der Waals surface area (Å²) in [6.45, 7) is 8.91. The SMILES string of the molecule is C=CCCC1=C(C(=O)OC(c2ccccc2)c2ccccc2)N2C(=O)C(NC(=O)C(NC(=O)OC(C)(C)C)c3ccc(O)cc3)[C@H]2SC1. The van der Waals surface area contributed by atoms with Gasteiger partial charge in [0.1, 0.15) is 34.5 Å². The first-order chi connectivity index (χ1) is 23.0. The average Bonchev–Trinajstić information content (AvgIpc) is 3.07. The fourth-order valence-corrected chi connectivity index (χ4v) is 6.90. The third-order valence-corrected chi connectivity index (χ3v) is 9.11. The number of esters is 1. The number of carbonyl (C=O) groups is 4. The van der Waals surface area contributed by atoms with E-state index in [0.29, 0.717) is 24.2 Å². The van der Waals surface area contributed by atoms with E-state index in [-0.39, 0.29) is 11.4 Å². The predicted molar refractivity (Wildman–Crippen MR) is 183 cm³/mol. The number of benzene rings is 3. The van der Waals surface area contributed by atoms with E-state index in [1.54, 1.807) is 26.8 Å². The van der Waals surface area contributed by atoms with Crippen LogP contribution in [0, 0.1) is 0 Å². The van der Waals surface area contributed by atoms with Crippen molar-refractivity contribution >= 4 is 35.6 Å². The van der Waals surface area contributed by atoms with E-state index in [4.69, 9.17) is 9.47 Å². The van der Waals surface area contributed by atoms with E-state index in [1.165, 1.54) is 40.9 Å². The minimum atomic E-state index is -1.23. The zero-order valence-electron chi connectivity index (χ0n) is 27.1. The quantitative estimate of drug-likeness (QED) is 0.130. The number of hydrogen-bond donors (Lipinski definition) is 3. The zero-order chi connectivity index (χ0) is 34.4. The highest BCUT2D eigenvalue weighted by Gasteiger charge is 2.55. The maximum atomic E-state index is 14.1. The summed E-state index contributed by atoms with van der Waals surface area (Å²) in [6.07, 6.45) is 1.34. The van der Waals surface area contributed by atoms with Crippen LogP contribution in [-0.4, -0.2) is 56.7 Å². The average molecular weight is 670 g/mol. The van der Waals surface area contributed by atoms with E-state index < -0.39 is 53.0 Å². The smallest absolute Gasteiger partial charge is 0.408 e. The van der Waals surface area contributed by atoms with Crippen molar-refractivity contribution in [1.82, 2.24) is 15.5 Å². The van der Waals surface area contributed by atoms with E-state index in [2.05, 4.69) is 17.2 Å². The molecule has 3 N–H and O–H groups in total. The molecule has 0 saturated carbocycles. The predicted octanol–water partition coefficient (Wildman–Crippen LogP) is 5.91. The number of β-lactam (4-membered cyclic amide) rings is 1. The van der Waals surface area contributed by atoms with Gasteiger partial charge in [-0.15, -0.1) is 18.3 Å². The number of amides is 3. The Balaban J connectivity index is 1.39. The number of carbonyl (C=O) groups excluding carboxylic acids is 4. The normalized spacial score (nSPS) is 17.9. The van der Waals surface area contributed by atoms with Crippen LogP contribution in [0.1, 0.15) is 62.4 Å². The molecule has 1 saturated heterocycles. The number of rotatable bonds is 11. The van der Waals surface area contributed by atoms with Crippen LogP contribution in [0.5, 0.6) is 5.75 Å². The summed E-state index contributed by atoms with van der Waals surface area (Å²) in [5.41, 5.74) is 2.06. The Bertz CT molecular complexity index is 1650. The monoisotopic (exact) mass is 669 g/mol. The van der Waals surface area contributed by atoms with Crippen molar-refractivity contribution in [2.24, 2.45) is 0 Å². The molecule has 1 fully saturated rings. The van der Waals surface area contributed by atoms with E-state index in [9.17, 15) is 24.3 Å². The lowest BCUT2D eigenvalue weighted by Crippen LogP contribution is -2.71. The third-order valence-electron chi connectivity index (χ3n) is 7.77. The highest BCUT2D eigenvalue weighted by molar-refractivity contribution is 8.00. The lowest BCUT2D eigenvalue weighted by atomic mass is 9.98. The Morgan fingerprint density at radius 3 is 2.15 bits per heavy atom. The van der Waals surface area contributed by atoms with Crippen molar-refractivity contribution in [2.45, 2.75) is 62.8 Å². The minimum Gasteiger partial charge on any atom is -0.508 e. The van der Waals surface area contributed by atoms with Gasteiger partial charge in [0.05, 0.1) is 0 Å². The number of phenols is 1. The molecule has 0 spiro atoms. The van der Waals surface area contributed by atoms with Gasteiger partial charge in [-0.1, -0.05) is 78.9 Å². The molecule has 5 rings (SSSR count). The summed E-state index contributed by atoms with van der Waals surface area (Å²) >= 11 is 1.43. The number of hydrogen-bond acceptors (Lipinski definition) is 8. The molecule has 0 aromatic heterocycles. The topological polar surface area (TPSA) is 134 Å². The molecule has 3 aromatic rings. The Kier molecular flexibility index (Phi) is 10.6. The number of aromatic hydroxyl groups is 1. The van der Waals surface area contributed by atoms with Crippen LogP contribution >= 0.6 is 11.8 Å². The molecular weight excluding hydrogens is 630 g/mol. The van der Waals surface area contributed by atoms with Crippen molar-refractivity contribution in [2.75, 3.05) is 5.75 Å². The maximum Gasteiger partial charge on any atom is 0.408 e. The van der Waals surface area contributed by atoms with Gasteiger partial charge in [0.25, 0.3) is 5.91 Å². The van der Waals surface area contributed by atoms with Gasteiger partial charge in [0, 0.05) is 5.75 Å². The van der Waals surface area contributed by atoms with E-state index in [0.717, 1.165) is 16.7 Å². The van der Waals surface area contributed by atoms with Crippen molar-refractivity contribution < 1.29 is 33.8 Å². The molecule has 3 atom stereocenters. The molecule has 250 valence electrons. The molecule has 0 radical (unpaired) electrons. The van der Waals surface area contributed by atoms with Crippen LogP contribution in [0.2, 0.25) is 0 Å². The van der Waals surface area contributed by atoms with Gasteiger partial charge >= 0.3 is 12.1 Å². The van der Waals surface area contributed by atoms with Crippen LogP contribution < -0.4 is 10.6 Å². The molecule has 2 aliphatic heterocycles. The number of nitrogens with one attached hydrogen (secondary N) is 2. The van der Waals surface area contributed by atoms with Gasteiger partial charge in [-0.05, 0) is 68.0 Å². The fourth-order valence-electron chi connectivity index (χ4n) is 5.52. The van der Waals surface area contributed by atoms with Crippen molar-refractivity contribution in [3.05, 3.63) is 126 Å². The highest BCUT2D eigenvalue weighted by atomic mass is 32.2. The van der Waals surface area contributed by atoms with Crippen molar-refractivity contribution in [3.8, 4) is 5.75 Å². The van der Waals surface area contributed by atoms with Gasteiger partial charge < -0.3 is 25.2 Å². The first kappa shape index (κ1) is 34.3. The van der Waals surface area contributed by atoms with Crippen molar-refractivity contribution in [3.63, 3.8) is 0 Å². The summed E-state index contributed by atoms with van der Waals surface area (Å²) in [5, 5.41) is 14.6. The summed E-state index contributed by atoms with van der Waals surface area (Å²) in [7, 11) is 0. The second kappa shape index (κ2) is 14.8. The van der Waals surface area contributed by atoms with Gasteiger partial charge in [0.2, 0.25) is 5.91 Å². The number of nitrogens with zero attached hydrogens (tertiary/aromatic N) is 1. The van der Waals surface area contributed by atoms with E-state index >= 15 is 0 Å². The molecule has 0 aliphatic carbocycles. The molecule has 10 nitrogen and oxygen atoms in total. The number of fused-ring (bicyclic) bond motifs is 1. The molecule has 2 heterocycles. The lowest BCUT2D eigenvalue weighted by molar-refractivity contribution is -0.154. The first-order valence-corrected chi connectivity index (χ1v) is 16.7. The first-order valence-electron chi connectivity index (χ1n) is 15.6. The zero-order valence-corrected chi connectivity index (χ0v) is 27.9. The summed E-state index contributed by atoms with van der Waals surface area (Å²) in [6, 6.07) is 22.4. The Hall–Kier alpha value is -5.03. The van der Waals surface area contributed by atoms with Crippen LogP contribution in [0.15, 0.2) is 109 Å². The fraction of sp³-hybridized carbons (Fsp3) is 0.297. The number of phenolic OH excluding ortho intramolecular Hbond substituents is 1. The van der Waals surface area contributed by atoms with Gasteiger partial charge in [-0.25, -0.2) is 9.59 Å². The molecule has 3 aromatic carbocycles. The van der Waals surface area contributed by atoms with E-state index in [1.807, 2.05) is 60.7 Å². The van der Waals surface area contributed by atoms with Crippen LogP contribution in [0.25, 0.3) is 0 Å².